The van der Waals surface area contributed by atoms with Gasteiger partial charge in [0.25, 0.3) is 0 Å². The molecule has 4 heteroatoms. The fraction of sp³-hybridized carbons (Fsp3) is 0.414. The molecule has 0 spiro atoms. The number of carbonyl (C=O) groups is 1. The van der Waals surface area contributed by atoms with Gasteiger partial charge in [0.05, 0.1) is 5.56 Å². The predicted octanol–water partition coefficient (Wildman–Crippen LogP) is 4.89. The molecule has 2 unspecified atom stereocenters. The lowest BCUT2D eigenvalue weighted by Crippen LogP contribution is -2.27. The summed E-state index contributed by atoms with van der Waals surface area (Å²) in [4.78, 5) is 14.8. The lowest BCUT2D eigenvalue weighted by Gasteiger charge is -2.29. The lowest BCUT2D eigenvalue weighted by molar-refractivity contribution is 0.0693. The van der Waals surface area contributed by atoms with E-state index in [1.165, 1.54) is 26.5 Å². The molecule has 0 bridgehead atoms. The Kier molecular flexibility index (Phi) is 5.92. The summed E-state index contributed by atoms with van der Waals surface area (Å²) in [5.74, 6) is -0.468. The van der Waals surface area contributed by atoms with Gasteiger partial charge in [-0.05, 0) is 77.8 Å². The molecule has 3 nitrogen and oxygen atoms in total. The van der Waals surface area contributed by atoms with Crippen molar-refractivity contribution in [2.24, 2.45) is 11.3 Å². The monoisotopic (exact) mass is 459 g/mol. The van der Waals surface area contributed by atoms with Crippen LogP contribution >= 0.6 is 11.3 Å². The summed E-state index contributed by atoms with van der Waals surface area (Å²) >= 11 is 1.74. The number of aromatic carboxylic acids is 1. The van der Waals surface area contributed by atoms with Gasteiger partial charge in [-0.25, -0.2) is 4.79 Å². The number of hydrogen-bond donors (Lipinski definition) is 2. The van der Waals surface area contributed by atoms with Gasteiger partial charge in [-0.1, -0.05) is 56.4 Å². The van der Waals surface area contributed by atoms with Crippen LogP contribution in [0.3, 0.4) is 0 Å². The van der Waals surface area contributed by atoms with Crippen LogP contribution in [0, 0.1) is 11.3 Å². The molecule has 2 atom stereocenters. The van der Waals surface area contributed by atoms with E-state index in [2.05, 4.69) is 67.7 Å². The third-order valence-corrected chi connectivity index (χ3v) is 8.80. The van der Waals surface area contributed by atoms with Gasteiger partial charge < -0.3 is 10.4 Å². The number of allylic oxidation sites excluding steroid dienone is 3. The van der Waals surface area contributed by atoms with E-state index >= 15 is 0 Å². The molecule has 2 N–H and O–H groups in total. The van der Waals surface area contributed by atoms with Crippen molar-refractivity contribution in [2.45, 2.75) is 51.9 Å². The molecule has 3 aliphatic rings. The van der Waals surface area contributed by atoms with E-state index in [0.29, 0.717) is 5.56 Å². The number of carboxylic acids is 1. The predicted molar refractivity (Wildman–Crippen MR) is 138 cm³/mol. The van der Waals surface area contributed by atoms with Gasteiger partial charge in [-0.2, -0.15) is 0 Å². The zero-order chi connectivity index (χ0) is 23.2. The summed E-state index contributed by atoms with van der Waals surface area (Å²) in [6.45, 7) is 5.33. The molecule has 0 amide bonds. The average Bonchev–Trinajstić information content (AvgIpc) is 3.16. The van der Waals surface area contributed by atoms with Crippen molar-refractivity contribution in [3.8, 4) is 0 Å². The first kappa shape index (κ1) is 22.4. The third kappa shape index (κ3) is 4.27. The van der Waals surface area contributed by atoms with Gasteiger partial charge in [-0.3, -0.25) is 0 Å². The van der Waals surface area contributed by atoms with Crippen LogP contribution in [0.25, 0.3) is 17.7 Å². The summed E-state index contributed by atoms with van der Waals surface area (Å²) in [5, 5.41) is 16.2. The summed E-state index contributed by atoms with van der Waals surface area (Å²) in [6.07, 6.45) is 16.7. The highest BCUT2D eigenvalue weighted by Gasteiger charge is 2.36. The van der Waals surface area contributed by atoms with Crippen molar-refractivity contribution in [3.05, 3.63) is 73.3 Å². The molecule has 5 rings (SSSR count). The van der Waals surface area contributed by atoms with Crippen LogP contribution in [0.2, 0.25) is 0 Å². The highest BCUT2D eigenvalue weighted by molar-refractivity contribution is 7.12. The maximum atomic E-state index is 12.4. The van der Waals surface area contributed by atoms with Crippen molar-refractivity contribution in [1.29, 1.82) is 0 Å². The minimum absolute atomic E-state index is 0.0866. The summed E-state index contributed by atoms with van der Waals surface area (Å²) in [5.41, 5.74) is 4.30. The quantitative estimate of drug-likeness (QED) is 0.669. The molecular weight excluding hydrogens is 426 g/mol. The summed E-state index contributed by atoms with van der Waals surface area (Å²) in [6, 6.07) is 6.74. The van der Waals surface area contributed by atoms with Crippen LogP contribution in [0.4, 0.5) is 0 Å². The van der Waals surface area contributed by atoms with Crippen molar-refractivity contribution in [3.63, 3.8) is 0 Å². The minimum Gasteiger partial charge on any atom is -0.478 e. The molecule has 0 fully saturated rings. The van der Waals surface area contributed by atoms with E-state index in [9.17, 15) is 9.90 Å². The SMILES string of the molecule is CNCC1C=C(c2ccc3c(c2)=CCCC=3)C=CC1c1sc2c(c1C(=O)O)CC(C)(C)CC2. The highest BCUT2D eigenvalue weighted by Crippen LogP contribution is 2.46. The number of fused-ring (bicyclic) bond motifs is 2. The van der Waals surface area contributed by atoms with E-state index in [4.69, 9.17) is 0 Å². The standard InChI is InChI=1S/C29H33NO2S/c1-29(2)13-12-25-24(16-29)26(28(31)32)27(33-25)23-11-10-21(15-22(23)17-30-3)20-9-8-18-6-4-5-7-19(18)14-20/h6-11,14-15,22-23,30H,4-5,12-13,16-17H2,1-3H3,(H,31,32). The molecule has 2 aromatic rings. The number of nitrogens with one attached hydrogen (secondary N) is 1. The number of thiophene rings is 1. The third-order valence-electron chi connectivity index (χ3n) is 7.41. The molecule has 0 aliphatic heterocycles. The van der Waals surface area contributed by atoms with Crippen molar-refractivity contribution in [1.82, 2.24) is 5.32 Å². The molecule has 0 saturated carbocycles. The van der Waals surface area contributed by atoms with E-state index in [0.717, 1.165) is 49.1 Å². The maximum Gasteiger partial charge on any atom is 0.337 e. The van der Waals surface area contributed by atoms with Crippen molar-refractivity contribution < 1.29 is 9.90 Å². The van der Waals surface area contributed by atoms with Crippen molar-refractivity contribution in [2.75, 3.05) is 13.6 Å². The number of aryl methyl sites for hydroxylation is 1. The average molecular weight is 460 g/mol. The zero-order valence-corrected chi connectivity index (χ0v) is 20.6. The summed E-state index contributed by atoms with van der Waals surface area (Å²) in [7, 11) is 1.98. The van der Waals surface area contributed by atoms with E-state index in [1.54, 1.807) is 11.3 Å². The Morgan fingerprint density at radius 2 is 2.00 bits per heavy atom. The second-order valence-corrected chi connectivity index (χ2v) is 11.6. The van der Waals surface area contributed by atoms with Gasteiger partial charge in [0.15, 0.2) is 0 Å². The fourth-order valence-corrected chi connectivity index (χ4v) is 7.11. The molecule has 33 heavy (non-hydrogen) atoms. The van der Waals surface area contributed by atoms with Crippen LogP contribution in [0.5, 0.6) is 0 Å². The lowest BCUT2D eigenvalue weighted by atomic mass is 9.75. The van der Waals surface area contributed by atoms with Gasteiger partial charge in [0, 0.05) is 28.1 Å². The van der Waals surface area contributed by atoms with Crippen LogP contribution < -0.4 is 15.8 Å². The topological polar surface area (TPSA) is 49.3 Å². The van der Waals surface area contributed by atoms with E-state index in [1.807, 2.05) is 7.05 Å². The van der Waals surface area contributed by atoms with Crippen LogP contribution in [-0.4, -0.2) is 24.7 Å². The number of carboxylic acid groups (broad SMARTS) is 1. The fourth-order valence-electron chi connectivity index (χ4n) is 5.64. The Hall–Kier alpha value is -2.43. The Morgan fingerprint density at radius 3 is 2.76 bits per heavy atom. The second-order valence-electron chi connectivity index (χ2n) is 10.4. The molecule has 1 aromatic heterocycles. The normalized spacial score (nSPS) is 23.1. The van der Waals surface area contributed by atoms with Crippen LogP contribution in [-0.2, 0) is 12.8 Å². The Morgan fingerprint density at radius 1 is 1.21 bits per heavy atom. The van der Waals surface area contributed by atoms with Gasteiger partial charge >= 0.3 is 5.97 Å². The number of benzene rings is 1. The number of hydrogen-bond acceptors (Lipinski definition) is 3. The first-order chi connectivity index (χ1) is 15.9. The maximum absolute atomic E-state index is 12.4. The Labute approximate surface area is 200 Å². The van der Waals surface area contributed by atoms with Crippen LogP contribution in [0.15, 0.2) is 36.4 Å². The van der Waals surface area contributed by atoms with Crippen molar-refractivity contribution >= 4 is 35.0 Å². The molecule has 3 aliphatic carbocycles. The second kappa shape index (κ2) is 8.73. The molecule has 1 aromatic carbocycles. The van der Waals surface area contributed by atoms with Gasteiger partial charge in [-0.15, -0.1) is 11.3 Å². The summed E-state index contributed by atoms with van der Waals surface area (Å²) < 4.78 is 0. The first-order valence-corrected chi connectivity index (χ1v) is 12.9. The number of rotatable bonds is 5. The molecule has 172 valence electrons. The smallest absolute Gasteiger partial charge is 0.337 e. The Balaban J connectivity index is 1.54. The van der Waals surface area contributed by atoms with Crippen LogP contribution in [0.1, 0.15) is 70.3 Å². The van der Waals surface area contributed by atoms with Gasteiger partial charge in [0.1, 0.15) is 0 Å². The minimum atomic E-state index is -0.770. The molecular formula is C29H33NO2S. The zero-order valence-electron chi connectivity index (χ0n) is 19.8. The highest BCUT2D eigenvalue weighted by atomic mass is 32.1. The molecule has 0 saturated heterocycles. The van der Waals surface area contributed by atoms with E-state index < -0.39 is 5.97 Å². The largest absolute Gasteiger partial charge is 0.478 e. The molecule has 1 heterocycles. The van der Waals surface area contributed by atoms with Gasteiger partial charge in [0.2, 0.25) is 0 Å². The molecule has 0 radical (unpaired) electrons. The van der Waals surface area contributed by atoms with E-state index in [-0.39, 0.29) is 17.3 Å². The first-order valence-electron chi connectivity index (χ1n) is 12.1. The Bertz CT molecular complexity index is 1280.